The molecule has 4 nitrogen and oxygen atoms in total. The Morgan fingerprint density at radius 1 is 1.67 bits per heavy atom. The monoisotopic (exact) mass is 133 g/mol. The number of hydrogen-bond acceptors (Lipinski definition) is 2. The van der Waals surface area contributed by atoms with Crippen molar-refractivity contribution in [2.75, 3.05) is 0 Å². The van der Waals surface area contributed by atoms with Crippen molar-refractivity contribution in [3.8, 4) is 0 Å². The molecular weight excluding hydrogens is 120 g/mol. The summed E-state index contributed by atoms with van der Waals surface area (Å²) >= 11 is 0. The second-order valence-corrected chi connectivity index (χ2v) is 2.33. The predicted molar refractivity (Wildman–Crippen MR) is 31.4 cm³/mol. The van der Waals surface area contributed by atoms with Gasteiger partial charge in [-0.05, 0) is 0 Å². The molecule has 4 heteroatoms. The van der Waals surface area contributed by atoms with E-state index in [0.29, 0.717) is 0 Å². The van der Waals surface area contributed by atoms with Crippen LogP contribution in [0.25, 0.3) is 0 Å². The average molecular weight is 133 g/mol. The van der Waals surface area contributed by atoms with Crippen molar-refractivity contribution >= 4 is 5.91 Å². The highest BCUT2D eigenvalue weighted by molar-refractivity contribution is 5.79. The van der Waals surface area contributed by atoms with Gasteiger partial charge in [0.05, 0.1) is 0 Å². The lowest BCUT2D eigenvalue weighted by molar-refractivity contribution is -0.415. The van der Waals surface area contributed by atoms with Crippen molar-refractivity contribution in [1.82, 2.24) is 5.48 Å². The largest absolute Gasteiger partial charge is 0.347 e. The van der Waals surface area contributed by atoms with Gasteiger partial charge in [0, 0.05) is 5.92 Å². The van der Waals surface area contributed by atoms with Crippen LogP contribution in [0.5, 0.6) is 0 Å². The zero-order chi connectivity index (χ0) is 7.44. The maximum atomic E-state index is 10.5. The summed E-state index contributed by atoms with van der Waals surface area (Å²) in [7, 11) is 0. The highest BCUT2D eigenvalue weighted by Gasteiger charge is 2.19. The molecule has 0 aliphatic rings. The first-order valence-electron chi connectivity index (χ1n) is 2.86. The molecule has 0 heterocycles. The second kappa shape index (κ2) is 3.42. The van der Waals surface area contributed by atoms with Crippen LogP contribution in [0, 0.1) is 5.92 Å². The molecule has 0 spiro atoms. The summed E-state index contributed by atoms with van der Waals surface area (Å²) in [6.45, 7) is 3.74. The fourth-order valence-electron chi connectivity index (χ4n) is 0.386. The van der Waals surface area contributed by atoms with E-state index in [1.54, 1.807) is 5.48 Å². The van der Waals surface area contributed by atoms with Crippen LogP contribution in [-0.4, -0.2) is 17.2 Å². The Morgan fingerprint density at radius 2 is 2.11 bits per heavy atom. The van der Waals surface area contributed by atoms with Crippen molar-refractivity contribution in [2.24, 2.45) is 5.92 Å². The summed E-state index contributed by atoms with van der Waals surface area (Å²) < 4.78 is 0. The number of amides is 1. The minimum absolute atomic E-state index is 0.164. The van der Waals surface area contributed by atoms with Crippen LogP contribution in [0.4, 0.5) is 0 Å². The van der Waals surface area contributed by atoms with Gasteiger partial charge in [-0.25, -0.2) is 5.48 Å². The van der Waals surface area contributed by atoms with Crippen LogP contribution >= 0.6 is 0 Å². The van der Waals surface area contributed by atoms with Crippen LogP contribution in [0.2, 0.25) is 0 Å². The van der Waals surface area contributed by atoms with Crippen LogP contribution in [-0.2, 0) is 4.79 Å². The molecular formula is C5H13N2O2+. The molecule has 0 aliphatic carbocycles. The van der Waals surface area contributed by atoms with Gasteiger partial charge in [-0.2, -0.15) is 0 Å². The van der Waals surface area contributed by atoms with Crippen molar-refractivity contribution < 1.29 is 15.7 Å². The van der Waals surface area contributed by atoms with Gasteiger partial charge in [-0.1, -0.05) is 13.8 Å². The molecule has 0 radical (unpaired) electrons. The van der Waals surface area contributed by atoms with E-state index < -0.39 is 5.91 Å². The van der Waals surface area contributed by atoms with Gasteiger partial charge in [0.2, 0.25) is 0 Å². The molecule has 1 amide bonds. The summed E-state index contributed by atoms with van der Waals surface area (Å²) in [6, 6.07) is -0.366. The number of rotatable bonds is 2. The first kappa shape index (κ1) is 8.39. The number of carbonyl (C=O) groups is 1. The van der Waals surface area contributed by atoms with Gasteiger partial charge in [0.15, 0.2) is 6.04 Å². The van der Waals surface area contributed by atoms with Crippen LogP contribution in [0.1, 0.15) is 13.8 Å². The highest BCUT2D eigenvalue weighted by Crippen LogP contribution is 1.94. The summed E-state index contributed by atoms with van der Waals surface area (Å²) in [5, 5.41) is 8.11. The molecule has 5 N–H and O–H groups in total. The van der Waals surface area contributed by atoms with E-state index >= 15 is 0 Å². The molecule has 0 rings (SSSR count). The van der Waals surface area contributed by atoms with Gasteiger partial charge in [-0.15, -0.1) is 0 Å². The molecule has 0 bridgehead atoms. The quantitative estimate of drug-likeness (QED) is 0.325. The number of hydrogen-bond donors (Lipinski definition) is 3. The molecule has 0 unspecified atom stereocenters. The molecule has 0 aliphatic heterocycles. The minimum atomic E-state index is -0.426. The zero-order valence-electron chi connectivity index (χ0n) is 5.72. The summed E-state index contributed by atoms with van der Waals surface area (Å²) in [5.74, 6) is -0.262. The Labute approximate surface area is 54.0 Å². The van der Waals surface area contributed by atoms with Crippen LogP contribution < -0.4 is 11.2 Å². The van der Waals surface area contributed by atoms with E-state index in [1.807, 2.05) is 13.8 Å². The topological polar surface area (TPSA) is 77.0 Å². The van der Waals surface area contributed by atoms with Gasteiger partial charge < -0.3 is 5.73 Å². The first-order chi connectivity index (χ1) is 4.09. The summed E-state index contributed by atoms with van der Waals surface area (Å²) in [6.07, 6.45) is 0. The van der Waals surface area contributed by atoms with Crippen molar-refractivity contribution in [2.45, 2.75) is 19.9 Å². The van der Waals surface area contributed by atoms with Crippen molar-refractivity contribution in [3.63, 3.8) is 0 Å². The highest BCUT2D eigenvalue weighted by atomic mass is 16.5. The number of hydroxylamine groups is 1. The second-order valence-electron chi connectivity index (χ2n) is 2.33. The average Bonchev–Trinajstić information content (AvgIpc) is 1.84. The van der Waals surface area contributed by atoms with Gasteiger partial charge >= 0.3 is 5.91 Å². The van der Waals surface area contributed by atoms with E-state index in [9.17, 15) is 4.79 Å². The Morgan fingerprint density at radius 3 is 2.22 bits per heavy atom. The molecule has 54 valence electrons. The molecule has 1 atom stereocenters. The fraction of sp³-hybridized carbons (Fsp3) is 0.800. The maximum absolute atomic E-state index is 10.5. The predicted octanol–water partition coefficient (Wildman–Crippen LogP) is -1.24. The first-order valence-corrected chi connectivity index (χ1v) is 2.86. The lowest BCUT2D eigenvalue weighted by atomic mass is 10.1. The number of carbonyl (C=O) groups excluding carboxylic acids is 1. The van der Waals surface area contributed by atoms with Crippen molar-refractivity contribution in [1.29, 1.82) is 0 Å². The maximum Gasteiger partial charge on any atom is 0.301 e. The fourth-order valence-corrected chi connectivity index (χ4v) is 0.386. The third kappa shape index (κ3) is 2.43. The molecule has 0 aromatic heterocycles. The number of quaternary nitrogens is 1. The Balaban J connectivity index is 3.72. The lowest BCUT2D eigenvalue weighted by Crippen LogP contribution is -2.69. The third-order valence-electron chi connectivity index (χ3n) is 1.25. The van der Waals surface area contributed by atoms with E-state index in [1.165, 1.54) is 0 Å². The van der Waals surface area contributed by atoms with Gasteiger partial charge in [-0.3, -0.25) is 10.0 Å². The van der Waals surface area contributed by atoms with E-state index in [0.717, 1.165) is 0 Å². The van der Waals surface area contributed by atoms with E-state index in [2.05, 4.69) is 5.73 Å². The molecule has 0 saturated heterocycles. The normalized spacial score (nSPS) is 13.4. The summed E-state index contributed by atoms with van der Waals surface area (Å²) in [5.41, 5.74) is 5.08. The lowest BCUT2D eigenvalue weighted by Gasteiger charge is -2.07. The Bertz CT molecular complexity index is 103. The standard InChI is InChI=1S/C5H12N2O2/c1-3(2)4(6)5(8)7-9/h3-4,9H,6H2,1-2H3,(H,7,8)/p+1/t4-/m0/s1. The van der Waals surface area contributed by atoms with Crippen LogP contribution in [0.3, 0.4) is 0 Å². The van der Waals surface area contributed by atoms with Gasteiger partial charge in [0.1, 0.15) is 0 Å². The molecule has 0 aromatic carbocycles. The van der Waals surface area contributed by atoms with E-state index in [4.69, 9.17) is 5.21 Å². The molecule has 0 fully saturated rings. The summed E-state index contributed by atoms with van der Waals surface area (Å²) in [4.78, 5) is 10.5. The third-order valence-corrected chi connectivity index (χ3v) is 1.25. The number of nitrogens with one attached hydrogen (secondary N) is 1. The smallest absolute Gasteiger partial charge is 0.301 e. The SMILES string of the molecule is CC(C)[C@H]([NH3+])C(=O)NO. The van der Waals surface area contributed by atoms with Gasteiger partial charge in [0.25, 0.3) is 0 Å². The molecule has 0 saturated carbocycles. The minimum Gasteiger partial charge on any atom is -0.347 e. The van der Waals surface area contributed by atoms with E-state index in [-0.39, 0.29) is 12.0 Å². The molecule has 9 heavy (non-hydrogen) atoms. The Kier molecular flexibility index (Phi) is 3.19. The van der Waals surface area contributed by atoms with Crippen LogP contribution in [0.15, 0.2) is 0 Å². The van der Waals surface area contributed by atoms with Crippen molar-refractivity contribution in [3.05, 3.63) is 0 Å². The zero-order valence-corrected chi connectivity index (χ0v) is 5.72. The molecule has 0 aromatic rings. The Hall–Kier alpha value is -0.610.